The number of amides is 1. The molecule has 0 aliphatic carbocycles. The Balaban J connectivity index is 2.74. The predicted octanol–water partition coefficient (Wildman–Crippen LogP) is 1.50. The lowest BCUT2D eigenvalue weighted by Gasteiger charge is -2.22. The zero-order valence-electron chi connectivity index (χ0n) is 11.4. The van der Waals surface area contributed by atoms with Crippen LogP contribution in [0.4, 0.5) is 0 Å². The largest absolute Gasteiger partial charge is 0.352 e. The van der Waals surface area contributed by atoms with E-state index in [0.717, 1.165) is 6.42 Å². The standard InChI is InChI=1S/C13H20N2O3S/c1-4-13(2,3)9-15-12(16)10-5-7-11(8-6-10)19(14,17)18/h5-8H,4,9H2,1-3H3,(H,15,16)(H2,14,17,18). The van der Waals surface area contributed by atoms with Gasteiger partial charge in [0.1, 0.15) is 0 Å². The lowest BCUT2D eigenvalue weighted by molar-refractivity contribution is 0.0935. The average Bonchev–Trinajstić information content (AvgIpc) is 2.35. The first kappa shape index (κ1) is 15.7. The van der Waals surface area contributed by atoms with Gasteiger partial charge in [-0.05, 0) is 36.1 Å². The highest BCUT2D eigenvalue weighted by atomic mass is 32.2. The second-order valence-electron chi connectivity index (χ2n) is 5.27. The van der Waals surface area contributed by atoms with Crippen molar-refractivity contribution in [1.82, 2.24) is 5.32 Å². The Labute approximate surface area is 114 Å². The number of carbonyl (C=O) groups is 1. The van der Waals surface area contributed by atoms with E-state index >= 15 is 0 Å². The number of carbonyl (C=O) groups excluding carboxylic acids is 1. The van der Waals surface area contributed by atoms with E-state index in [4.69, 9.17) is 5.14 Å². The average molecular weight is 284 g/mol. The van der Waals surface area contributed by atoms with Crippen molar-refractivity contribution >= 4 is 15.9 Å². The maximum Gasteiger partial charge on any atom is 0.251 e. The highest BCUT2D eigenvalue weighted by Gasteiger charge is 2.17. The van der Waals surface area contributed by atoms with E-state index in [1.54, 1.807) is 0 Å². The molecular weight excluding hydrogens is 264 g/mol. The van der Waals surface area contributed by atoms with Gasteiger partial charge in [-0.2, -0.15) is 0 Å². The van der Waals surface area contributed by atoms with Gasteiger partial charge in [-0.25, -0.2) is 13.6 Å². The summed E-state index contributed by atoms with van der Waals surface area (Å²) in [5, 5.41) is 7.82. The van der Waals surface area contributed by atoms with E-state index in [2.05, 4.69) is 26.1 Å². The zero-order chi connectivity index (χ0) is 14.7. The first-order valence-electron chi connectivity index (χ1n) is 6.07. The lowest BCUT2D eigenvalue weighted by atomic mass is 9.90. The van der Waals surface area contributed by atoms with Gasteiger partial charge in [0.05, 0.1) is 4.90 Å². The number of nitrogens with one attached hydrogen (secondary N) is 1. The van der Waals surface area contributed by atoms with Crippen LogP contribution >= 0.6 is 0 Å². The number of nitrogens with two attached hydrogens (primary N) is 1. The molecule has 5 nitrogen and oxygen atoms in total. The van der Waals surface area contributed by atoms with Crippen LogP contribution in [0.2, 0.25) is 0 Å². The Morgan fingerprint density at radius 3 is 2.21 bits per heavy atom. The van der Waals surface area contributed by atoms with Crippen LogP contribution in [0.25, 0.3) is 0 Å². The molecule has 0 atom stereocenters. The molecule has 1 aromatic rings. The van der Waals surface area contributed by atoms with E-state index in [0.29, 0.717) is 12.1 Å². The highest BCUT2D eigenvalue weighted by Crippen LogP contribution is 2.18. The molecule has 0 fully saturated rings. The first-order chi connectivity index (χ1) is 8.65. The summed E-state index contributed by atoms with van der Waals surface area (Å²) >= 11 is 0. The number of benzene rings is 1. The Hall–Kier alpha value is -1.40. The molecule has 0 aliphatic heterocycles. The fourth-order valence-corrected chi connectivity index (χ4v) is 1.86. The Bertz CT molecular complexity index is 548. The van der Waals surface area contributed by atoms with Crippen molar-refractivity contribution < 1.29 is 13.2 Å². The zero-order valence-corrected chi connectivity index (χ0v) is 12.3. The maximum absolute atomic E-state index is 11.9. The molecule has 19 heavy (non-hydrogen) atoms. The van der Waals surface area contributed by atoms with Gasteiger partial charge >= 0.3 is 0 Å². The van der Waals surface area contributed by atoms with Crippen molar-refractivity contribution in [2.45, 2.75) is 32.1 Å². The summed E-state index contributed by atoms with van der Waals surface area (Å²) in [6.45, 7) is 6.76. The molecule has 1 amide bonds. The second-order valence-corrected chi connectivity index (χ2v) is 6.83. The van der Waals surface area contributed by atoms with Gasteiger partial charge in [0, 0.05) is 12.1 Å². The minimum Gasteiger partial charge on any atom is -0.352 e. The van der Waals surface area contributed by atoms with Gasteiger partial charge in [0.15, 0.2) is 0 Å². The van der Waals surface area contributed by atoms with Crippen molar-refractivity contribution in [3.8, 4) is 0 Å². The van der Waals surface area contributed by atoms with Crippen molar-refractivity contribution in [2.24, 2.45) is 10.6 Å². The first-order valence-corrected chi connectivity index (χ1v) is 7.61. The molecule has 0 saturated carbocycles. The number of primary sulfonamides is 1. The maximum atomic E-state index is 11.9. The third-order valence-electron chi connectivity index (χ3n) is 3.13. The number of hydrogen-bond donors (Lipinski definition) is 2. The van der Waals surface area contributed by atoms with Gasteiger partial charge in [-0.3, -0.25) is 4.79 Å². The summed E-state index contributed by atoms with van der Waals surface area (Å²) in [4.78, 5) is 11.9. The molecule has 0 heterocycles. The Morgan fingerprint density at radius 1 is 1.26 bits per heavy atom. The van der Waals surface area contributed by atoms with Crippen molar-refractivity contribution in [3.05, 3.63) is 29.8 Å². The molecule has 0 aromatic heterocycles. The minimum absolute atomic E-state index is 0.00191. The van der Waals surface area contributed by atoms with E-state index in [1.807, 2.05) is 0 Å². The van der Waals surface area contributed by atoms with Gasteiger partial charge in [0.2, 0.25) is 10.0 Å². The van der Waals surface area contributed by atoms with Gasteiger partial charge in [-0.1, -0.05) is 20.8 Å². The van der Waals surface area contributed by atoms with Crippen LogP contribution in [0.1, 0.15) is 37.6 Å². The van der Waals surface area contributed by atoms with Crippen LogP contribution < -0.4 is 10.5 Å². The summed E-state index contributed by atoms with van der Waals surface area (Å²) in [5.41, 5.74) is 0.454. The van der Waals surface area contributed by atoms with Gasteiger partial charge < -0.3 is 5.32 Å². The Morgan fingerprint density at radius 2 is 1.79 bits per heavy atom. The molecule has 0 bridgehead atoms. The summed E-state index contributed by atoms with van der Waals surface area (Å²) in [6.07, 6.45) is 0.956. The molecule has 1 aromatic carbocycles. The summed E-state index contributed by atoms with van der Waals surface area (Å²) in [7, 11) is -3.72. The predicted molar refractivity (Wildman–Crippen MR) is 74.2 cm³/mol. The molecule has 106 valence electrons. The second kappa shape index (κ2) is 5.71. The molecule has 0 spiro atoms. The molecule has 0 saturated heterocycles. The topological polar surface area (TPSA) is 89.3 Å². The fraction of sp³-hybridized carbons (Fsp3) is 0.462. The molecular formula is C13H20N2O3S. The third-order valence-corrected chi connectivity index (χ3v) is 4.06. The monoisotopic (exact) mass is 284 g/mol. The van der Waals surface area contributed by atoms with Crippen molar-refractivity contribution in [3.63, 3.8) is 0 Å². The molecule has 6 heteroatoms. The SMILES string of the molecule is CCC(C)(C)CNC(=O)c1ccc(S(N)(=O)=O)cc1. The molecule has 0 radical (unpaired) electrons. The van der Waals surface area contributed by atoms with Crippen LogP contribution in [-0.2, 0) is 10.0 Å². The van der Waals surface area contributed by atoms with E-state index in [9.17, 15) is 13.2 Å². The summed E-state index contributed by atoms with van der Waals surface area (Å²) in [6, 6.07) is 5.56. The minimum atomic E-state index is -3.72. The molecule has 0 unspecified atom stereocenters. The fourth-order valence-electron chi connectivity index (χ4n) is 1.34. The highest BCUT2D eigenvalue weighted by molar-refractivity contribution is 7.89. The van der Waals surface area contributed by atoms with Crippen LogP contribution in [0.15, 0.2) is 29.2 Å². The van der Waals surface area contributed by atoms with E-state index in [-0.39, 0.29) is 16.2 Å². The van der Waals surface area contributed by atoms with E-state index < -0.39 is 10.0 Å². The molecule has 1 rings (SSSR count). The number of hydrogen-bond acceptors (Lipinski definition) is 3. The normalized spacial score (nSPS) is 12.2. The number of rotatable bonds is 5. The third kappa shape index (κ3) is 4.65. The van der Waals surface area contributed by atoms with Crippen molar-refractivity contribution in [1.29, 1.82) is 0 Å². The lowest BCUT2D eigenvalue weighted by Crippen LogP contribution is -2.33. The smallest absolute Gasteiger partial charge is 0.251 e. The van der Waals surface area contributed by atoms with Gasteiger partial charge in [-0.15, -0.1) is 0 Å². The van der Waals surface area contributed by atoms with Crippen molar-refractivity contribution in [2.75, 3.05) is 6.54 Å². The Kier molecular flexibility index (Phi) is 4.70. The van der Waals surface area contributed by atoms with Gasteiger partial charge in [0.25, 0.3) is 5.91 Å². The van der Waals surface area contributed by atoms with Crippen LogP contribution in [0.3, 0.4) is 0 Å². The summed E-state index contributed by atoms with van der Waals surface area (Å²) in [5.74, 6) is -0.220. The quantitative estimate of drug-likeness (QED) is 0.858. The number of sulfonamides is 1. The van der Waals surface area contributed by atoms with Crippen LogP contribution in [0.5, 0.6) is 0 Å². The van der Waals surface area contributed by atoms with Crippen LogP contribution in [-0.4, -0.2) is 20.9 Å². The summed E-state index contributed by atoms with van der Waals surface area (Å²) < 4.78 is 22.2. The van der Waals surface area contributed by atoms with Crippen LogP contribution in [0, 0.1) is 5.41 Å². The van der Waals surface area contributed by atoms with E-state index in [1.165, 1.54) is 24.3 Å². The molecule has 3 N–H and O–H groups in total. The molecule has 0 aliphatic rings.